The molecule has 1 aliphatic heterocycles. The molecule has 1 fully saturated rings. The third-order valence-electron chi connectivity index (χ3n) is 2.27. The molecule has 4 heteroatoms. The summed E-state index contributed by atoms with van der Waals surface area (Å²) in [6, 6.07) is 0. The van der Waals surface area contributed by atoms with Crippen molar-refractivity contribution in [3.63, 3.8) is 0 Å². The molecule has 1 rings (SSSR count). The summed E-state index contributed by atoms with van der Waals surface area (Å²) in [4.78, 5) is 0. The van der Waals surface area contributed by atoms with Crippen LogP contribution in [0.5, 0.6) is 0 Å². The first kappa shape index (κ1) is 12.9. The molecule has 0 amide bonds. The Morgan fingerprint density at radius 1 is 1.27 bits per heavy atom. The predicted molar refractivity (Wildman–Crippen MR) is 56.6 cm³/mol. The van der Waals surface area contributed by atoms with Gasteiger partial charge in [0.2, 0.25) is 0 Å². The Morgan fingerprint density at radius 2 is 1.93 bits per heavy atom. The molecule has 4 nitrogen and oxygen atoms in total. The normalized spacial score (nSPS) is 21.8. The Kier molecular flexibility index (Phi) is 5.53. The number of ether oxygens (including phenoxy) is 3. The van der Waals surface area contributed by atoms with Crippen LogP contribution >= 0.6 is 0 Å². The molecule has 0 atom stereocenters. The van der Waals surface area contributed by atoms with Crippen LogP contribution in [0.15, 0.2) is 0 Å². The molecule has 0 radical (unpaired) electrons. The van der Waals surface area contributed by atoms with E-state index >= 15 is 0 Å². The van der Waals surface area contributed by atoms with Crippen LogP contribution < -0.4 is 0 Å². The number of aliphatic hydroxyl groups excluding tert-OH is 1. The van der Waals surface area contributed by atoms with Crippen molar-refractivity contribution in [2.75, 3.05) is 33.0 Å². The van der Waals surface area contributed by atoms with E-state index in [2.05, 4.69) is 13.8 Å². The summed E-state index contributed by atoms with van der Waals surface area (Å²) in [5.74, 6) is 0. The van der Waals surface area contributed by atoms with Crippen LogP contribution in [0.25, 0.3) is 0 Å². The molecule has 90 valence electrons. The lowest BCUT2D eigenvalue weighted by Crippen LogP contribution is -2.39. The van der Waals surface area contributed by atoms with Crippen LogP contribution in [0.2, 0.25) is 0 Å². The van der Waals surface area contributed by atoms with Crippen molar-refractivity contribution in [3.05, 3.63) is 0 Å². The van der Waals surface area contributed by atoms with E-state index in [0.717, 1.165) is 26.1 Å². The lowest BCUT2D eigenvalue weighted by atomic mass is 9.96. The molecule has 0 spiro atoms. The molecule has 0 saturated carbocycles. The Morgan fingerprint density at radius 3 is 2.53 bits per heavy atom. The maximum Gasteiger partial charge on any atom is 0.180 e. The van der Waals surface area contributed by atoms with Gasteiger partial charge in [0.25, 0.3) is 0 Å². The van der Waals surface area contributed by atoms with E-state index in [-0.39, 0.29) is 18.3 Å². The van der Waals surface area contributed by atoms with Gasteiger partial charge in [0.15, 0.2) is 6.29 Å². The minimum absolute atomic E-state index is 0.118. The molecule has 15 heavy (non-hydrogen) atoms. The highest BCUT2D eigenvalue weighted by Crippen LogP contribution is 2.22. The van der Waals surface area contributed by atoms with Crippen molar-refractivity contribution in [1.29, 1.82) is 0 Å². The van der Waals surface area contributed by atoms with Crippen LogP contribution in [-0.2, 0) is 14.2 Å². The maximum absolute atomic E-state index is 8.57. The van der Waals surface area contributed by atoms with Crippen LogP contribution in [0.4, 0.5) is 0 Å². The number of aliphatic hydroxyl groups is 1. The van der Waals surface area contributed by atoms with Gasteiger partial charge in [-0.15, -0.1) is 0 Å². The van der Waals surface area contributed by atoms with E-state index in [0.29, 0.717) is 13.2 Å². The number of rotatable bonds is 6. The van der Waals surface area contributed by atoms with Crippen LogP contribution in [0.1, 0.15) is 26.7 Å². The minimum Gasteiger partial charge on any atom is -0.396 e. The second-order valence-electron chi connectivity index (χ2n) is 4.72. The molecule has 1 heterocycles. The Hall–Kier alpha value is -0.160. The van der Waals surface area contributed by atoms with Gasteiger partial charge in [-0.25, -0.2) is 0 Å². The summed E-state index contributed by atoms with van der Waals surface area (Å²) >= 11 is 0. The highest BCUT2D eigenvalue weighted by atomic mass is 16.7. The van der Waals surface area contributed by atoms with Gasteiger partial charge in [0.1, 0.15) is 0 Å². The predicted octanol–water partition coefficient (Wildman–Crippen LogP) is 1.17. The van der Waals surface area contributed by atoms with E-state index in [4.69, 9.17) is 19.3 Å². The molecule has 0 unspecified atom stereocenters. The molecule has 0 aliphatic carbocycles. The van der Waals surface area contributed by atoms with Gasteiger partial charge in [-0.1, -0.05) is 13.8 Å². The Labute approximate surface area is 91.5 Å². The standard InChI is InChI=1S/C11H22O4/c1-11(2)8-14-10(15-9-11)7-13-6-4-3-5-12/h10,12H,3-9H2,1-2H3. The highest BCUT2D eigenvalue weighted by molar-refractivity contribution is 4.70. The van der Waals surface area contributed by atoms with Crippen molar-refractivity contribution >= 4 is 0 Å². The van der Waals surface area contributed by atoms with Crippen LogP contribution in [-0.4, -0.2) is 44.4 Å². The first-order valence-electron chi connectivity index (χ1n) is 5.56. The van der Waals surface area contributed by atoms with Crippen molar-refractivity contribution in [2.24, 2.45) is 5.41 Å². The fourth-order valence-corrected chi connectivity index (χ4v) is 1.32. The van der Waals surface area contributed by atoms with E-state index in [1.54, 1.807) is 0 Å². The molecular weight excluding hydrogens is 196 g/mol. The van der Waals surface area contributed by atoms with Gasteiger partial charge in [-0.3, -0.25) is 0 Å². The first-order chi connectivity index (χ1) is 7.14. The van der Waals surface area contributed by atoms with Gasteiger partial charge in [0, 0.05) is 18.6 Å². The quantitative estimate of drug-likeness (QED) is 0.680. The zero-order valence-corrected chi connectivity index (χ0v) is 9.70. The summed E-state index contributed by atoms with van der Waals surface area (Å²) in [5, 5.41) is 8.57. The van der Waals surface area contributed by atoms with E-state index in [1.165, 1.54) is 0 Å². The summed E-state index contributed by atoms with van der Waals surface area (Å²) < 4.78 is 16.4. The number of unbranched alkanes of at least 4 members (excludes halogenated alkanes) is 1. The lowest BCUT2D eigenvalue weighted by molar-refractivity contribution is -0.239. The smallest absolute Gasteiger partial charge is 0.180 e. The third-order valence-corrected chi connectivity index (χ3v) is 2.27. The fourth-order valence-electron chi connectivity index (χ4n) is 1.32. The van der Waals surface area contributed by atoms with E-state index in [1.807, 2.05) is 0 Å². The SMILES string of the molecule is CC1(C)COC(COCCCCO)OC1. The first-order valence-corrected chi connectivity index (χ1v) is 5.56. The highest BCUT2D eigenvalue weighted by Gasteiger charge is 2.28. The monoisotopic (exact) mass is 218 g/mol. The molecule has 1 N–H and O–H groups in total. The number of hydrogen-bond donors (Lipinski definition) is 1. The van der Waals surface area contributed by atoms with Gasteiger partial charge in [-0.05, 0) is 12.8 Å². The largest absolute Gasteiger partial charge is 0.396 e. The van der Waals surface area contributed by atoms with Gasteiger partial charge in [0.05, 0.1) is 19.8 Å². The van der Waals surface area contributed by atoms with Crippen LogP contribution in [0.3, 0.4) is 0 Å². The van der Waals surface area contributed by atoms with Crippen molar-refractivity contribution in [1.82, 2.24) is 0 Å². The topological polar surface area (TPSA) is 47.9 Å². The van der Waals surface area contributed by atoms with Crippen molar-refractivity contribution < 1.29 is 19.3 Å². The minimum atomic E-state index is -0.216. The Balaban J connectivity index is 1.99. The Bertz CT molecular complexity index is 160. The van der Waals surface area contributed by atoms with Crippen molar-refractivity contribution in [2.45, 2.75) is 33.0 Å². The average molecular weight is 218 g/mol. The van der Waals surface area contributed by atoms with Gasteiger partial charge in [-0.2, -0.15) is 0 Å². The zero-order chi connectivity index (χ0) is 11.1. The molecule has 0 bridgehead atoms. The number of hydrogen-bond acceptors (Lipinski definition) is 4. The van der Waals surface area contributed by atoms with E-state index in [9.17, 15) is 0 Å². The third kappa shape index (κ3) is 5.47. The summed E-state index contributed by atoms with van der Waals surface area (Å²) in [6.45, 7) is 7.05. The molecule has 1 saturated heterocycles. The molecule has 0 aromatic rings. The summed E-state index contributed by atoms with van der Waals surface area (Å²) in [6.07, 6.45) is 1.46. The summed E-state index contributed by atoms with van der Waals surface area (Å²) in [7, 11) is 0. The van der Waals surface area contributed by atoms with E-state index < -0.39 is 0 Å². The molecule has 0 aromatic carbocycles. The zero-order valence-electron chi connectivity index (χ0n) is 9.70. The maximum atomic E-state index is 8.57. The van der Waals surface area contributed by atoms with Gasteiger partial charge >= 0.3 is 0 Å². The molecular formula is C11H22O4. The van der Waals surface area contributed by atoms with Crippen LogP contribution in [0, 0.1) is 5.41 Å². The van der Waals surface area contributed by atoms with Gasteiger partial charge < -0.3 is 19.3 Å². The molecule has 0 aromatic heterocycles. The lowest BCUT2D eigenvalue weighted by Gasteiger charge is -2.34. The average Bonchev–Trinajstić information content (AvgIpc) is 2.20. The fraction of sp³-hybridized carbons (Fsp3) is 1.00. The molecule has 1 aliphatic rings. The van der Waals surface area contributed by atoms with Crippen molar-refractivity contribution in [3.8, 4) is 0 Å². The second-order valence-corrected chi connectivity index (χ2v) is 4.72. The summed E-state index contributed by atoms with van der Waals surface area (Å²) in [5.41, 5.74) is 0.118. The second kappa shape index (κ2) is 6.43.